The van der Waals surface area contributed by atoms with Crippen LogP contribution >= 0.6 is 15.9 Å². The average Bonchev–Trinajstić information content (AvgIpc) is 2.56. The van der Waals surface area contributed by atoms with Gasteiger partial charge in [0.05, 0.1) is 21.8 Å². The van der Waals surface area contributed by atoms with Crippen LogP contribution in [-0.4, -0.2) is 8.96 Å². The average molecular weight is 420 g/mol. The van der Waals surface area contributed by atoms with Gasteiger partial charge in [-0.3, -0.25) is 0 Å². The van der Waals surface area contributed by atoms with E-state index in [4.69, 9.17) is 0 Å². The molecule has 0 aliphatic carbocycles. The maximum atomic E-state index is 12.8. The second kappa shape index (κ2) is 8.43. The van der Waals surface area contributed by atoms with Gasteiger partial charge in [-0.1, -0.05) is 64.0 Å². The Morgan fingerprint density at radius 2 is 1.56 bits per heavy atom. The van der Waals surface area contributed by atoms with Crippen LogP contribution in [0.3, 0.4) is 0 Å². The molecule has 2 rings (SSSR count). The molecule has 0 saturated carbocycles. The van der Waals surface area contributed by atoms with Gasteiger partial charge in [0.1, 0.15) is 0 Å². The van der Waals surface area contributed by atoms with E-state index in [1.807, 2.05) is 39.0 Å². The van der Waals surface area contributed by atoms with Crippen LogP contribution < -0.4 is 4.72 Å². The molecule has 0 amide bonds. The van der Waals surface area contributed by atoms with Gasteiger partial charge in [0.15, 0.2) is 0 Å². The van der Waals surface area contributed by atoms with Crippen LogP contribution in [0.5, 0.6) is 0 Å². The summed E-state index contributed by atoms with van der Waals surface area (Å²) < 4.78 is 16.8. The Kier molecular flexibility index (Phi) is 6.78. The minimum Gasteiger partial charge on any atom is -0.242 e. The fourth-order valence-corrected chi connectivity index (χ4v) is 3.70. The molecule has 0 bridgehead atoms. The molecule has 0 saturated heterocycles. The lowest BCUT2D eigenvalue weighted by atomic mass is 9.87. The molecular weight excluding hydrogens is 394 g/mol. The summed E-state index contributed by atoms with van der Waals surface area (Å²) in [6.07, 6.45) is 1.93. The molecule has 2 aromatic rings. The lowest BCUT2D eigenvalue weighted by Crippen LogP contribution is -2.37. The third-order valence-corrected chi connectivity index (χ3v) is 6.20. The number of nitrogens with one attached hydrogen (secondary N) is 1. The third-order valence-electron chi connectivity index (χ3n) is 4.09. The van der Waals surface area contributed by atoms with Crippen LogP contribution in [0.1, 0.15) is 49.4 Å². The molecule has 134 valence electrons. The van der Waals surface area contributed by atoms with Crippen molar-refractivity contribution in [3.8, 4) is 0 Å². The van der Waals surface area contributed by atoms with Gasteiger partial charge in [-0.15, -0.1) is 6.58 Å². The van der Waals surface area contributed by atoms with Crippen molar-refractivity contribution < 1.29 is 4.21 Å². The van der Waals surface area contributed by atoms with Crippen LogP contribution in [-0.2, 0) is 11.0 Å². The summed E-state index contributed by atoms with van der Waals surface area (Å²) in [6.45, 7) is 12.0. The van der Waals surface area contributed by atoms with E-state index in [1.165, 1.54) is 5.56 Å². The molecule has 0 spiro atoms. The van der Waals surface area contributed by atoms with Gasteiger partial charge >= 0.3 is 0 Å². The minimum atomic E-state index is -1.18. The highest BCUT2D eigenvalue weighted by Gasteiger charge is 2.28. The molecule has 25 heavy (non-hydrogen) atoms. The van der Waals surface area contributed by atoms with Gasteiger partial charge < -0.3 is 0 Å². The summed E-state index contributed by atoms with van der Waals surface area (Å²) in [5, 5.41) is 0. The molecule has 0 fully saturated rings. The fraction of sp³-hybridized carbons (Fsp3) is 0.333. The standard InChI is InChI=1S/C21H26BrNOS/c1-6-19(16-11-13-18(22)14-12-16)20(23-25(24)21(3,4)5)17-9-7-15(2)8-10-17/h6-14,19-20,23H,1H2,2-5H3/t19-,20+,25-/m1/s1. The molecule has 0 aromatic heterocycles. The van der Waals surface area contributed by atoms with Crippen LogP contribution in [0.2, 0.25) is 0 Å². The normalized spacial score (nSPS) is 15.4. The first-order valence-electron chi connectivity index (χ1n) is 8.35. The Morgan fingerprint density at radius 3 is 2.04 bits per heavy atom. The van der Waals surface area contributed by atoms with E-state index < -0.39 is 11.0 Å². The van der Waals surface area contributed by atoms with Gasteiger partial charge in [-0.25, -0.2) is 8.93 Å². The summed E-state index contributed by atoms with van der Waals surface area (Å²) in [6, 6.07) is 16.5. The van der Waals surface area contributed by atoms with E-state index >= 15 is 0 Å². The summed E-state index contributed by atoms with van der Waals surface area (Å²) in [5.41, 5.74) is 3.46. The van der Waals surface area contributed by atoms with E-state index in [0.29, 0.717) is 0 Å². The molecular formula is C21H26BrNOS. The molecule has 0 aliphatic heterocycles. The second-order valence-electron chi connectivity index (χ2n) is 7.20. The van der Waals surface area contributed by atoms with Crippen LogP contribution in [0, 0.1) is 6.92 Å². The zero-order valence-corrected chi connectivity index (χ0v) is 17.7. The van der Waals surface area contributed by atoms with Gasteiger partial charge in [-0.05, 0) is 51.0 Å². The Morgan fingerprint density at radius 1 is 1.04 bits per heavy atom. The topological polar surface area (TPSA) is 29.1 Å². The van der Waals surface area contributed by atoms with E-state index in [2.05, 4.69) is 70.6 Å². The van der Waals surface area contributed by atoms with Crippen molar-refractivity contribution in [2.75, 3.05) is 0 Å². The van der Waals surface area contributed by atoms with Crippen LogP contribution in [0.4, 0.5) is 0 Å². The Hall–Kier alpha value is -1.23. The lowest BCUT2D eigenvalue weighted by Gasteiger charge is -2.29. The number of benzene rings is 2. The first-order chi connectivity index (χ1) is 11.7. The summed E-state index contributed by atoms with van der Waals surface area (Å²) in [4.78, 5) is 0. The fourth-order valence-electron chi connectivity index (χ4n) is 2.56. The largest absolute Gasteiger partial charge is 0.242 e. The van der Waals surface area contributed by atoms with Crippen molar-refractivity contribution in [2.45, 2.75) is 44.4 Å². The quantitative estimate of drug-likeness (QED) is 0.586. The van der Waals surface area contributed by atoms with Crippen molar-refractivity contribution in [1.29, 1.82) is 0 Å². The van der Waals surface area contributed by atoms with Crippen molar-refractivity contribution in [3.05, 3.63) is 82.3 Å². The number of halogens is 1. The van der Waals surface area contributed by atoms with Gasteiger partial charge in [-0.2, -0.15) is 0 Å². The monoisotopic (exact) mass is 419 g/mol. The summed E-state index contributed by atoms with van der Waals surface area (Å²) in [7, 11) is -1.18. The predicted molar refractivity (Wildman–Crippen MR) is 112 cm³/mol. The smallest absolute Gasteiger partial charge is 0.0976 e. The molecule has 0 unspecified atom stereocenters. The van der Waals surface area contributed by atoms with Crippen molar-refractivity contribution >= 4 is 26.9 Å². The predicted octanol–water partition coefficient (Wildman–Crippen LogP) is 5.82. The van der Waals surface area contributed by atoms with E-state index in [-0.39, 0.29) is 16.7 Å². The van der Waals surface area contributed by atoms with Crippen LogP contribution in [0.25, 0.3) is 0 Å². The maximum absolute atomic E-state index is 12.8. The highest BCUT2D eigenvalue weighted by atomic mass is 79.9. The zero-order valence-electron chi connectivity index (χ0n) is 15.3. The van der Waals surface area contributed by atoms with Gasteiger partial charge in [0.2, 0.25) is 0 Å². The van der Waals surface area contributed by atoms with E-state index in [0.717, 1.165) is 15.6 Å². The van der Waals surface area contributed by atoms with Crippen molar-refractivity contribution in [3.63, 3.8) is 0 Å². The Bertz CT molecular complexity index is 732. The summed E-state index contributed by atoms with van der Waals surface area (Å²) >= 11 is 3.48. The second-order valence-corrected chi connectivity index (χ2v) is 10.1. The molecule has 2 aromatic carbocycles. The first-order valence-corrected chi connectivity index (χ1v) is 10.3. The highest BCUT2D eigenvalue weighted by molar-refractivity contribution is 9.10. The lowest BCUT2D eigenvalue weighted by molar-refractivity contribution is 0.566. The Labute approximate surface area is 162 Å². The van der Waals surface area contributed by atoms with Crippen molar-refractivity contribution in [1.82, 2.24) is 4.72 Å². The minimum absolute atomic E-state index is 0.0158. The zero-order chi connectivity index (χ0) is 18.6. The molecule has 0 heterocycles. The van der Waals surface area contributed by atoms with Crippen molar-refractivity contribution in [2.24, 2.45) is 0 Å². The highest BCUT2D eigenvalue weighted by Crippen LogP contribution is 2.34. The number of rotatable bonds is 6. The summed E-state index contributed by atoms with van der Waals surface area (Å²) in [5.74, 6) is 0.0158. The molecule has 0 aliphatic rings. The van der Waals surface area contributed by atoms with Crippen LogP contribution in [0.15, 0.2) is 65.7 Å². The number of hydrogen-bond acceptors (Lipinski definition) is 1. The molecule has 2 nitrogen and oxygen atoms in total. The number of aryl methyl sites for hydroxylation is 1. The van der Waals surface area contributed by atoms with E-state index in [9.17, 15) is 4.21 Å². The molecule has 4 heteroatoms. The molecule has 1 N–H and O–H groups in total. The maximum Gasteiger partial charge on any atom is 0.0976 e. The SMILES string of the molecule is C=C[C@H](c1ccc(Br)cc1)[C@@H](N[S@](=O)C(C)(C)C)c1ccc(C)cc1. The van der Waals surface area contributed by atoms with E-state index in [1.54, 1.807) is 0 Å². The molecule has 3 atom stereocenters. The third kappa shape index (κ3) is 5.37. The molecule has 0 radical (unpaired) electrons. The van der Waals surface area contributed by atoms with Gasteiger partial charge in [0.25, 0.3) is 0 Å². The Balaban J connectivity index is 2.44. The van der Waals surface area contributed by atoms with Gasteiger partial charge in [0, 0.05) is 10.4 Å². The first kappa shape index (κ1) is 20.1. The number of hydrogen-bond donors (Lipinski definition) is 1.